The van der Waals surface area contributed by atoms with Crippen molar-refractivity contribution in [2.24, 2.45) is 0 Å². The van der Waals surface area contributed by atoms with E-state index >= 15 is 0 Å². The second kappa shape index (κ2) is 5.35. The summed E-state index contributed by atoms with van der Waals surface area (Å²) in [6, 6.07) is 1.07. The molecule has 0 bridgehead atoms. The summed E-state index contributed by atoms with van der Waals surface area (Å²) < 4.78 is 35.7. The maximum absolute atomic E-state index is 12.2. The monoisotopic (exact) mass is 276 g/mol. The van der Waals surface area contributed by atoms with Gasteiger partial charge in [0.1, 0.15) is 17.2 Å². The van der Waals surface area contributed by atoms with Gasteiger partial charge >= 0.3 is 0 Å². The third-order valence-electron chi connectivity index (χ3n) is 2.75. The van der Waals surface area contributed by atoms with E-state index in [-0.39, 0.29) is 25.5 Å². The molecule has 2 rings (SSSR count). The molecule has 2 heterocycles. The van der Waals surface area contributed by atoms with Gasteiger partial charge in [-0.05, 0) is 6.92 Å². The average Bonchev–Trinajstić information content (AvgIpc) is 2.74. The number of nitrogens with zero attached hydrogens (tertiary/aromatic N) is 2. The van der Waals surface area contributed by atoms with Gasteiger partial charge in [-0.2, -0.15) is 4.31 Å². The fourth-order valence-electron chi connectivity index (χ4n) is 1.91. The summed E-state index contributed by atoms with van der Waals surface area (Å²) in [6.07, 6.45) is 0. The summed E-state index contributed by atoms with van der Waals surface area (Å²) in [5.74, 6) is 0.349. The maximum atomic E-state index is 12.2. The third kappa shape index (κ3) is 2.89. The van der Waals surface area contributed by atoms with E-state index in [0.717, 1.165) is 0 Å². The number of rotatable bonds is 4. The van der Waals surface area contributed by atoms with Gasteiger partial charge < -0.3 is 14.4 Å². The van der Waals surface area contributed by atoms with Crippen LogP contribution in [0.15, 0.2) is 10.6 Å². The van der Waals surface area contributed by atoms with Crippen LogP contribution in [0.4, 0.5) is 0 Å². The third-order valence-corrected chi connectivity index (χ3v) is 4.60. The maximum Gasteiger partial charge on any atom is 0.220 e. The van der Waals surface area contributed by atoms with Crippen molar-refractivity contribution in [3.8, 4) is 0 Å². The molecule has 1 aromatic rings. The van der Waals surface area contributed by atoms with Crippen LogP contribution in [0.2, 0.25) is 0 Å². The van der Waals surface area contributed by atoms with E-state index < -0.39 is 16.1 Å². The minimum Gasteiger partial charge on any atom is -0.395 e. The fraction of sp³-hybridized carbons (Fsp3) is 0.700. The minimum absolute atomic E-state index is 0.216. The van der Waals surface area contributed by atoms with Gasteiger partial charge in [-0.1, -0.05) is 5.16 Å². The highest BCUT2D eigenvalue weighted by atomic mass is 32.2. The number of aryl methyl sites for hydroxylation is 1. The Bertz CT molecular complexity index is 498. The van der Waals surface area contributed by atoms with E-state index in [0.29, 0.717) is 18.1 Å². The molecular weight excluding hydrogens is 260 g/mol. The normalized spacial score (nSPS) is 22.2. The second-order valence-electron chi connectivity index (χ2n) is 4.21. The molecule has 7 nitrogen and oxygen atoms in total. The second-order valence-corrected chi connectivity index (χ2v) is 6.13. The first-order valence-electron chi connectivity index (χ1n) is 5.63. The molecule has 0 aromatic carbocycles. The number of hydrogen-bond donors (Lipinski definition) is 1. The number of hydrogen-bond acceptors (Lipinski definition) is 6. The molecule has 0 spiro atoms. The molecule has 0 saturated carbocycles. The van der Waals surface area contributed by atoms with Crippen molar-refractivity contribution in [3.63, 3.8) is 0 Å². The molecule has 1 fully saturated rings. The van der Waals surface area contributed by atoms with Gasteiger partial charge in [-0.15, -0.1) is 0 Å². The molecule has 8 heteroatoms. The average molecular weight is 276 g/mol. The summed E-state index contributed by atoms with van der Waals surface area (Å²) >= 11 is 0. The predicted molar refractivity (Wildman–Crippen MR) is 62.3 cm³/mol. The topological polar surface area (TPSA) is 92.9 Å². The van der Waals surface area contributed by atoms with Crippen LogP contribution in [0, 0.1) is 6.92 Å². The molecule has 1 saturated heterocycles. The largest absolute Gasteiger partial charge is 0.395 e. The van der Waals surface area contributed by atoms with Crippen molar-refractivity contribution in [2.75, 3.05) is 26.4 Å². The highest BCUT2D eigenvalue weighted by Gasteiger charge is 2.33. The smallest absolute Gasteiger partial charge is 0.220 e. The highest BCUT2D eigenvalue weighted by Crippen LogP contribution is 2.16. The Labute approximate surface area is 105 Å². The van der Waals surface area contributed by atoms with Crippen LogP contribution in [0.25, 0.3) is 0 Å². The van der Waals surface area contributed by atoms with Crippen LogP contribution in [-0.2, 0) is 20.5 Å². The van der Waals surface area contributed by atoms with E-state index in [1.807, 2.05) is 0 Å². The fourth-order valence-corrected chi connectivity index (χ4v) is 3.52. The molecule has 18 heavy (non-hydrogen) atoms. The first kappa shape index (κ1) is 13.5. The van der Waals surface area contributed by atoms with Crippen molar-refractivity contribution in [1.82, 2.24) is 9.46 Å². The predicted octanol–water partition coefficient (Wildman–Crippen LogP) is -0.494. The Morgan fingerprint density at radius 1 is 1.61 bits per heavy atom. The van der Waals surface area contributed by atoms with Crippen molar-refractivity contribution in [3.05, 3.63) is 17.5 Å². The van der Waals surface area contributed by atoms with Gasteiger partial charge in [-0.25, -0.2) is 8.42 Å². The van der Waals surface area contributed by atoms with Crippen molar-refractivity contribution < 1.29 is 22.8 Å². The van der Waals surface area contributed by atoms with Crippen molar-refractivity contribution in [2.45, 2.75) is 18.7 Å². The zero-order chi connectivity index (χ0) is 13.2. The molecule has 0 amide bonds. The van der Waals surface area contributed by atoms with Crippen LogP contribution in [0.1, 0.15) is 11.5 Å². The van der Waals surface area contributed by atoms with Gasteiger partial charge in [0.2, 0.25) is 10.0 Å². The summed E-state index contributed by atoms with van der Waals surface area (Å²) in [5.41, 5.74) is 0.371. The Morgan fingerprint density at radius 2 is 2.39 bits per heavy atom. The molecular formula is C10H16N2O5S. The Hall–Kier alpha value is -0.960. The zero-order valence-electron chi connectivity index (χ0n) is 10.1. The minimum atomic E-state index is -3.51. The molecule has 1 aromatic heterocycles. The van der Waals surface area contributed by atoms with Gasteiger partial charge in [0.25, 0.3) is 0 Å². The molecule has 1 aliphatic heterocycles. The van der Waals surface area contributed by atoms with Crippen molar-refractivity contribution >= 4 is 10.0 Å². The van der Waals surface area contributed by atoms with Gasteiger partial charge in [0, 0.05) is 12.6 Å². The SMILES string of the molecule is Cc1cc(CS(=O)(=O)N2CCOCC2CO)no1. The van der Waals surface area contributed by atoms with Crippen LogP contribution in [-0.4, -0.2) is 55.4 Å². The Balaban J connectivity index is 2.14. The quantitative estimate of drug-likeness (QED) is 0.797. The van der Waals surface area contributed by atoms with E-state index in [2.05, 4.69) is 5.16 Å². The molecule has 0 aliphatic carbocycles. The molecule has 102 valence electrons. The Morgan fingerprint density at radius 3 is 3.00 bits per heavy atom. The van der Waals surface area contributed by atoms with E-state index in [4.69, 9.17) is 9.26 Å². The van der Waals surface area contributed by atoms with Crippen LogP contribution in [0.5, 0.6) is 0 Å². The van der Waals surface area contributed by atoms with Gasteiger partial charge in [0.05, 0.1) is 25.9 Å². The van der Waals surface area contributed by atoms with E-state index in [1.165, 1.54) is 4.31 Å². The molecule has 1 atom stereocenters. The lowest BCUT2D eigenvalue weighted by Gasteiger charge is -2.33. The number of aliphatic hydroxyl groups excluding tert-OH is 1. The summed E-state index contributed by atoms with van der Waals surface area (Å²) in [4.78, 5) is 0. The summed E-state index contributed by atoms with van der Waals surface area (Å²) in [6.45, 7) is 2.26. The number of morpholine rings is 1. The Kier molecular flexibility index (Phi) is 4.00. The molecule has 1 aliphatic rings. The standard InChI is InChI=1S/C10H16N2O5S/c1-8-4-9(11-17-8)7-18(14,15)12-2-3-16-6-10(12)5-13/h4,10,13H,2-3,5-7H2,1H3. The highest BCUT2D eigenvalue weighted by molar-refractivity contribution is 7.88. The molecule has 0 radical (unpaired) electrons. The van der Waals surface area contributed by atoms with E-state index in [9.17, 15) is 13.5 Å². The number of sulfonamides is 1. The number of aliphatic hydroxyl groups is 1. The lowest BCUT2D eigenvalue weighted by Crippen LogP contribution is -2.50. The van der Waals surface area contributed by atoms with Gasteiger partial charge in [0.15, 0.2) is 0 Å². The number of aromatic nitrogens is 1. The molecule has 1 N–H and O–H groups in total. The van der Waals surface area contributed by atoms with Crippen LogP contribution >= 0.6 is 0 Å². The first-order chi connectivity index (χ1) is 8.53. The first-order valence-corrected chi connectivity index (χ1v) is 7.24. The molecule has 1 unspecified atom stereocenters. The van der Waals surface area contributed by atoms with Crippen LogP contribution < -0.4 is 0 Å². The summed E-state index contributed by atoms with van der Waals surface area (Å²) in [5, 5.41) is 12.8. The van der Waals surface area contributed by atoms with Gasteiger partial charge in [-0.3, -0.25) is 0 Å². The lowest BCUT2D eigenvalue weighted by atomic mass is 10.3. The summed E-state index contributed by atoms with van der Waals surface area (Å²) in [7, 11) is -3.51. The lowest BCUT2D eigenvalue weighted by molar-refractivity contribution is 0.0108. The zero-order valence-corrected chi connectivity index (χ0v) is 10.9. The number of ether oxygens (including phenoxy) is 1. The van der Waals surface area contributed by atoms with E-state index in [1.54, 1.807) is 13.0 Å². The van der Waals surface area contributed by atoms with Crippen LogP contribution in [0.3, 0.4) is 0 Å². The van der Waals surface area contributed by atoms with Crippen molar-refractivity contribution in [1.29, 1.82) is 0 Å².